The molecule has 0 saturated heterocycles. The molecule has 1 aliphatic heterocycles. The quantitative estimate of drug-likeness (QED) is 0.537. The predicted octanol–water partition coefficient (Wildman–Crippen LogP) is 3.50. The van der Waals surface area contributed by atoms with E-state index >= 15 is 0 Å². The molecule has 0 fully saturated rings. The molecule has 1 N–H and O–H groups in total. The van der Waals surface area contributed by atoms with E-state index in [1.54, 1.807) is 7.11 Å². The molecule has 0 aliphatic carbocycles. The molecule has 1 atom stereocenters. The Balaban J connectivity index is 1.42. The molecule has 0 radical (unpaired) electrons. The molecular formula is C22H24N4O4S. The van der Waals surface area contributed by atoms with Gasteiger partial charge in [-0.3, -0.25) is 4.79 Å². The first-order chi connectivity index (χ1) is 15.1. The van der Waals surface area contributed by atoms with Crippen molar-refractivity contribution in [2.75, 3.05) is 13.9 Å². The molecular weight excluding hydrogens is 416 g/mol. The SMILES string of the molecule is CCn1c(SC(C)C(=O)NCc2ccc3c(c2)OCO3)nnc1-c1ccccc1OC. The van der Waals surface area contributed by atoms with Gasteiger partial charge in [0.15, 0.2) is 22.5 Å². The van der Waals surface area contributed by atoms with Crippen LogP contribution < -0.4 is 19.5 Å². The average Bonchev–Trinajstić information content (AvgIpc) is 3.43. The number of fused-ring (bicyclic) bond motifs is 1. The second-order valence-corrected chi connectivity index (χ2v) is 8.22. The van der Waals surface area contributed by atoms with Crippen LogP contribution in [-0.4, -0.2) is 39.8 Å². The number of benzene rings is 2. The Bertz CT molecular complexity index is 1090. The number of thioether (sulfide) groups is 1. The summed E-state index contributed by atoms with van der Waals surface area (Å²) in [7, 11) is 1.63. The number of nitrogens with zero attached hydrogens (tertiary/aromatic N) is 3. The van der Waals surface area contributed by atoms with Crippen LogP contribution in [0.1, 0.15) is 19.4 Å². The van der Waals surface area contributed by atoms with Gasteiger partial charge in [-0.25, -0.2) is 0 Å². The molecule has 162 valence electrons. The van der Waals surface area contributed by atoms with E-state index in [4.69, 9.17) is 14.2 Å². The van der Waals surface area contributed by atoms with Crippen LogP contribution in [0.25, 0.3) is 11.4 Å². The Hall–Kier alpha value is -3.20. The van der Waals surface area contributed by atoms with Crippen molar-refractivity contribution in [3.8, 4) is 28.6 Å². The first kappa shape index (κ1) is 21.0. The Morgan fingerprint density at radius 1 is 1.23 bits per heavy atom. The van der Waals surface area contributed by atoms with E-state index in [-0.39, 0.29) is 18.0 Å². The van der Waals surface area contributed by atoms with Gasteiger partial charge in [0.25, 0.3) is 0 Å². The fourth-order valence-corrected chi connectivity index (χ4v) is 4.22. The maximum atomic E-state index is 12.7. The highest BCUT2D eigenvalue weighted by atomic mass is 32.2. The summed E-state index contributed by atoms with van der Waals surface area (Å²) < 4.78 is 18.2. The third-order valence-corrected chi connectivity index (χ3v) is 6.02. The number of amides is 1. The van der Waals surface area contributed by atoms with E-state index in [0.29, 0.717) is 24.0 Å². The highest BCUT2D eigenvalue weighted by Gasteiger charge is 2.22. The summed E-state index contributed by atoms with van der Waals surface area (Å²) in [6.07, 6.45) is 0. The van der Waals surface area contributed by atoms with Crippen molar-refractivity contribution in [3.63, 3.8) is 0 Å². The number of nitrogens with one attached hydrogen (secondary N) is 1. The Labute approximate surface area is 184 Å². The second-order valence-electron chi connectivity index (χ2n) is 6.92. The number of hydrogen-bond acceptors (Lipinski definition) is 7. The molecule has 9 heteroatoms. The first-order valence-electron chi connectivity index (χ1n) is 10.00. The molecule has 4 rings (SSSR count). The fourth-order valence-electron chi connectivity index (χ4n) is 3.29. The van der Waals surface area contributed by atoms with Gasteiger partial charge in [0.05, 0.1) is 17.9 Å². The van der Waals surface area contributed by atoms with Crippen molar-refractivity contribution in [2.45, 2.75) is 37.3 Å². The highest BCUT2D eigenvalue weighted by Crippen LogP contribution is 2.33. The van der Waals surface area contributed by atoms with Crippen molar-refractivity contribution in [3.05, 3.63) is 48.0 Å². The molecule has 0 saturated carbocycles. The van der Waals surface area contributed by atoms with Gasteiger partial charge in [0, 0.05) is 13.1 Å². The van der Waals surface area contributed by atoms with Gasteiger partial charge in [-0.1, -0.05) is 30.0 Å². The zero-order valence-electron chi connectivity index (χ0n) is 17.6. The maximum absolute atomic E-state index is 12.7. The van der Waals surface area contributed by atoms with E-state index in [0.717, 1.165) is 28.5 Å². The van der Waals surface area contributed by atoms with Crippen LogP contribution in [0.2, 0.25) is 0 Å². The van der Waals surface area contributed by atoms with Gasteiger partial charge >= 0.3 is 0 Å². The number of para-hydroxylation sites is 1. The summed E-state index contributed by atoms with van der Waals surface area (Å²) >= 11 is 1.38. The summed E-state index contributed by atoms with van der Waals surface area (Å²) in [6, 6.07) is 13.3. The molecule has 31 heavy (non-hydrogen) atoms. The van der Waals surface area contributed by atoms with Gasteiger partial charge in [-0.15, -0.1) is 10.2 Å². The fraction of sp³-hybridized carbons (Fsp3) is 0.318. The minimum atomic E-state index is -0.339. The molecule has 3 aromatic rings. The second kappa shape index (κ2) is 9.30. The minimum Gasteiger partial charge on any atom is -0.496 e. The molecule has 1 amide bonds. The van der Waals surface area contributed by atoms with Gasteiger partial charge < -0.3 is 24.1 Å². The molecule has 1 aliphatic rings. The van der Waals surface area contributed by atoms with Gasteiger partial charge in [-0.2, -0.15) is 0 Å². The Morgan fingerprint density at radius 3 is 2.84 bits per heavy atom. The zero-order valence-corrected chi connectivity index (χ0v) is 18.4. The molecule has 1 unspecified atom stereocenters. The lowest BCUT2D eigenvalue weighted by Gasteiger charge is -2.13. The van der Waals surface area contributed by atoms with E-state index in [9.17, 15) is 4.79 Å². The third kappa shape index (κ3) is 4.46. The van der Waals surface area contributed by atoms with E-state index in [1.165, 1.54) is 11.8 Å². The number of carbonyl (C=O) groups is 1. The van der Waals surface area contributed by atoms with Crippen molar-refractivity contribution in [1.29, 1.82) is 0 Å². The number of rotatable bonds is 8. The Morgan fingerprint density at radius 2 is 2.03 bits per heavy atom. The maximum Gasteiger partial charge on any atom is 0.233 e. The van der Waals surface area contributed by atoms with Crippen molar-refractivity contribution >= 4 is 17.7 Å². The van der Waals surface area contributed by atoms with Crippen LogP contribution in [0, 0.1) is 0 Å². The minimum absolute atomic E-state index is 0.0767. The van der Waals surface area contributed by atoms with E-state index in [1.807, 2.05) is 60.9 Å². The summed E-state index contributed by atoms with van der Waals surface area (Å²) in [5.74, 6) is 2.80. The van der Waals surface area contributed by atoms with Crippen molar-refractivity contribution < 1.29 is 19.0 Å². The summed E-state index contributed by atoms with van der Waals surface area (Å²) in [4.78, 5) is 12.7. The molecule has 8 nitrogen and oxygen atoms in total. The lowest BCUT2D eigenvalue weighted by atomic mass is 10.2. The Kier molecular flexibility index (Phi) is 6.31. The number of aromatic nitrogens is 3. The van der Waals surface area contributed by atoms with Crippen LogP contribution in [0.4, 0.5) is 0 Å². The largest absolute Gasteiger partial charge is 0.496 e. The molecule has 2 heterocycles. The van der Waals surface area contributed by atoms with Gasteiger partial charge in [-0.05, 0) is 43.7 Å². The first-order valence-corrected chi connectivity index (χ1v) is 10.9. The van der Waals surface area contributed by atoms with E-state index < -0.39 is 0 Å². The average molecular weight is 441 g/mol. The molecule has 2 aromatic carbocycles. The van der Waals surface area contributed by atoms with Crippen LogP contribution >= 0.6 is 11.8 Å². The zero-order chi connectivity index (χ0) is 21.8. The normalized spacial score (nSPS) is 13.1. The number of methoxy groups -OCH3 is 1. The summed E-state index contributed by atoms with van der Waals surface area (Å²) in [5, 5.41) is 12.0. The summed E-state index contributed by atoms with van der Waals surface area (Å²) in [6.45, 7) is 5.20. The number of hydrogen-bond donors (Lipinski definition) is 1. The smallest absolute Gasteiger partial charge is 0.233 e. The number of carbonyl (C=O) groups excluding carboxylic acids is 1. The predicted molar refractivity (Wildman–Crippen MR) is 117 cm³/mol. The van der Waals surface area contributed by atoms with Crippen LogP contribution in [-0.2, 0) is 17.9 Å². The third-order valence-electron chi connectivity index (χ3n) is 4.94. The van der Waals surface area contributed by atoms with Crippen LogP contribution in [0.5, 0.6) is 17.2 Å². The van der Waals surface area contributed by atoms with Crippen molar-refractivity contribution in [1.82, 2.24) is 20.1 Å². The van der Waals surface area contributed by atoms with Crippen LogP contribution in [0.3, 0.4) is 0 Å². The van der Waals surface area contributed by atoms with Gasteiger partial charge in [0.2, 0.25) is 12.7 Å². The molecule has 1 aromatic heterocycles. The monoisotopic (exact) mass is 440 g/mol. The van der Waals surface area contributed by atoms with Crippen molar-refractivity contribution in [2.24, 2.45) is 0 Å². The topological polar surface area (TPSA) is 87.5 Å². The van der Waals surface area contributed by atoms with Crippen LogP contribution in [0.15, 0.2) is 47.6 Å². The molecule has 0 bridgehead atoms. The highest BCUT2D eigenvalue weighted by molar-refractivity contribution is 8.00. The van der Waals surface area contributed by atoms with E-state index in [2.05, 4.69) is 15.5 Å². The lowest BCUT2D eigenvalue weighted by molar-refractivity contribution is -0.120. The standard InChI is InChI=1S/C22H24N4O4S/c1-4-26-20(16-7-5-6-8-17(16)28-3)24-25-22(26)31-14(2)21(27)23-12-15-9-10-18-19(11-15)30-13-29-18/h5-11,14H,4,12-13H2,1-3H3,(H,23,27). The summed E-state index contributed by atoms with van der Waals surface area (Å²) in [5.41, 5.74) is 1.82. The molecule has 0 spiro atoms. The number of ether oxygens (including phenoxy) is 3. The van der Waals surface area contributed by atoms with Gasteiger partial charge in [0.1, 0.15) is 5.75 Å². The lowest BCUT2D eigenvalue weighted by Crippen LogP contribution is -2.30.